The second-order valence-electron chi connectivity index (χ2n) is 4.71. The fraction of sp³-hybridized carbons (Fsp3) is 0.667. The molecule has 0 aromatic heterocycles. The second-order valence-corrected chi connectivity index (χ2v) is 4.71. The topological polar surface area (TPSA) is 102 Å². The van der Waals surface area contributed by atoms with E-state index in [9.17, 15) is 19.2 Å². The molecule has 20 heavy (non-hydrogen) atoms. The lowest BCUT2D eigenvalue weighted by Crippen LogP contribution is -2.34. The van der Waals surface area contributed by atoms with Crippen LogP contribution in [0.4, 0.5) is 4.79 Å². The monoisotopic (exact) mass is 286 g/mol. The van der Waals surface area contributed by atoms with Crippen LogP contribution in [0.15, 0.2) is 0 Å². The quantitative estimate of drug-likeness (QED) is 0.707. The number of imide groups is 1. The Morgan fingerprint density at radius 2 is 1.85 bits per heavy atom. The Morgan fingerprint density at radius 1 is 1.25 bits per heavy atom. The third kappa shape index (κ3) is 5.25. The third-order valence-electron chi connectivity index (χ3n) is 2.35. The summed E-state index contributed by atoms with van der Waals surface area (Å²) in [6.45, 7) is 4.09. The summed E-state index contributed by atoms with van der Waals surface area (Å²) in [6.07, 6.45) is -0.689. The highest BCUT2D eigenvalue weighted by Crippen LogP contribution is 2.12. The number of nitrogens with one attached hydrogen (secondary N) is 1. The maximum atomic E-state index is 11.4. The van der Waals surface area contributed by atoms with Crippen LogP contribution >= 0.6 is 0 Å². The van der Waals surface area contributed by atoms with E-state index in [1.54, 1.807) is 0 Å². The molecule has 1 heterocycles. The molecule has 8 nitrogen and oxygen atoms in total. The number of hydroxylamine groups is 2. The number of hydrogen-bond acceptors (Lipinski definition) is 6. The first-order valence-corrected chi connectivity index (χ1v) is 6.37. The van der Waals surface area contributed by atoms with Crippen molar-refractivity contribution in [1.29, 1.82) is 0 Å². The number of carbonyl (C=O) groups is 4. The Labute approximate surface area is 116 Å². The summed E-state index contributed by atoms with van der Waals surface area (Å²) in [5.74, 6) is -1.61. The number of carbonyl (C=O) groups excluding carboxylic acids is 4. The molecular weight excluding hydrogens is 268 g/mol. The second kappa shape index (κ2) is 7.46. The molecule has 1 rings (SSSR count). The van der Waals surface area contributed by atoms with E-state index in [0.29, 0.717) is 5.06 Å². The van der Waals surface area contributed by atoms with Gasteiger partial charge in [-0.3, -0.25) is 9.59 Å². The first-order valence-electron chi connectivity index (χ1n) is 6.37. The summed E-state index contributed by atoms with van der Waals surface area (Å²) in [7, 11) is 0. The lowest BCUT2D eigenvalue weighted by molar-refractivity contribution is -0.197. The minimum absolute atomic E-state index is 0.00594. The fourth-order valence-electron chi connectivity index (χ4n) is 1.37. The minimum Gasteiger partial charge on any atom is -0.449 e. The van der Waals surface area contributed by atoms with Gasteiger partial charge in [-0.25, -0.2) is 9.59 Å². The Balaban J connectivity index is 2.19. The molecule has 1 N–H and O–H groups in total. The van der Waals surface area contributed by atoms with E-state index >= 15 is 0 Å². The molecule has 0 saturated carbocycles. The van der Waals surface area contributed by atoms with Crippen LogP contribution in [0.5, 0.6) is 0 Å². The molecule has 1 aliphatic rings. The van der Waals surface area contributed by atoms with Crippen LogP contribution in [0.25, 0.3) is 0 Å². The van der Waals surface area contributed by atoms with E-state index in [4.69, 9.17) is 4.74 Å². The minimum atomic E-state index is -0.766. The summed E-state index contributed by atoms with van der Waals surface area (Å²) in [4.78, 5) is 49.5. The predicted molar refractivity (Wildman–Crippen MR) is 66.0 cm³/mol. The molecule has 0 radical (unpaired) electrons. The lowest BCUT2D eigenvalue weighted by Gasteiger charge is -2.12. The Hall–Kier alpha value is -2.12. The van der Waals surface area contributed by atoms with Gasteiger partial charge in [0.1, 0.15) is 0 Å². The molecule has 0 unspecified atom stereocenters. The number of ether oxygens (including phenoxy) is 1. The average molecular weight is 286 g/mol. The number of amides is 3. The smallest absolute Gasteiger partial charge is 0.407 e. The van der Waals surface area contributed by atoms with Crippen LogP contribution in [0, 0.1) is 5.92 Å². The van der Waals surface area contributed by atoms with Crippen LogP contribution in [-0.4, -0.2) is 42.1 Å². The van der Waals surface area contributed by atoms with Crippen molar-refractivity contribution in [3.05, 3.63) is 0 Å². The normalized spacial score (nSPS) is 14.7. The SMILES string of the molecule is CC(C)COC(=O)NCCC(=O)ON1C(=O)CCC1=O. The molecule has 0 aromatic rings. The summed E-state index contributed by atoms with van der Waals surface area (Å²) >= 11 is 0. The number of hydrogen-bond donors (Lipinski definition) is 1. The van der Waals surface area contributed by atoms with Gasteiger partial charge < -0.3 is 14.9 Å². The van der Waals surface area contributed by atoms with Crippen molar-refractivity contribution in [2.24, 2.45) is 5.92 Å². The van der Waals surface area contributed by atoms with Gasteiger partial charge in [-0.05, 0) is 5.92 Å². The van der Waals surface area contributed by atoms with Gasteiger partial charge in [0.25, 0.3) is 11.8 Å². The van der Waals surface area contributed by atoms with Gasteiger partial charge in [0, 0.05) is 19.4 Å². The molecule has 8 heteroatoms. The highest BCUT2D eigenvalue weighted by Gasteiger charge is 2.32. The van der Waals surface area contributed by atoms with Crippen LogP contribution in [0.3, 0.4) is 0 Å². The van der Waals surface area contributed by atoms with Crippen LogP contribution in [-0.2, 0) is 24.0 Å². The fourth-order valence-corrected chi connectivity index (χ4v) is 1.37. The van der Waals surface area contributed by atoms with Crippen molar-refractivity contribution in [3.63, 3.8) is 0 Å². The maximum Gasteiger partial charge on any atom is 0.407 e. The van der Waals surface area contributed by atoms with Gasteiger partial charge in [-0.15, -0.1) is 5.06 Å². The molecule has 112 valence electrons. The molecule has 3 amide bonds. The van der Waals surface area contributed by atoms with E-state index in [1.165, 1.54) is 0 Å². The molecule has 0 aliphatic carbocycles. The van der Waals surface area contributed by atoms with Crippen molar-refractivity contribution < 1.29 is 28.8 Å². The molecule has 0 spiro atoms. The largest absolute Gasteiger partial charge is 0.449 e. The number of nitrogens with zero attached hydrogens (tertiary/aromatic N) is 1. The van der Waals surface area contributed by atoms with Crippen molar-refractivity contribution >= 4 is 23.9 Å². The zero-order valence-electron chi connectivity index (χ0n) is 11.5. The van der Waals surface area contributed by atoms with Crippen molar-refractivity contribution in [2.75, 3.05) is 13.2 Å². The van der Waals surface area contributed by atoms with Gasteiger partial charge in [0.05, 0.1) is 13.0 Å². The van der Waals surface area contributed by atoms with E-state index < -0.39 is 23.9 Å². The Bertz CT molecular complexity index is 391. The van der Waals surface area contributed by atoms with Crippen molar-refractivity contribution in [2.45, 2.75) is 33.1 Å². The molecular formula is C12H18N2O6. The predicted octanol–water partition coefficient (Wildman–Crippen LogP) is 0.366. The van der Waals surface area contributed by atoms with E-state index in [0.717, 1.165) is 0 Å². The van der Waals surface area contributed by atoms with Gasteiger partial charge in [-0.1, -0.05) is 13.8 Å². The van der Waals surface area contributed by atoms with Crippen molar-refractivity contribution in [3.8, 4) is 0 Å². The number of rotatable bonds is 6. The van der Waals surface area contributed by atoms with E-state index in [1.807, 2.05) is 13.8 Å². The first-order chi connectivity index (χ1) is 9.40. The summed E-state index contributed by atoms with van der Waals surface area (Å²) in [6, 6.07) is 0. The summed E-state index contributed by atoms with van der Waals surface area (Å²) in [5.41, 5.74) is 0. The first kappa shape index (κ1) is 15.9. The lowest BCUT2D eigenvalue weighted by atomic mass is 10.2. The van der Waals surface area contributed by atoms with Crippen LogP contribution < -0.4 is 5.32 Å². The molecule has 1 aliphatic heterocycles. The van der Waals surface area contributed by atoms with Gasteiger partial charge in [0.15, 0.2) is 0 Å². The summed E-state index contributed by atoms with van der Waals surface area (Å²) < 4.78 is 4.83. The maximum absolute atomic E-state index is 11.4. The van der Waals surface area contributed by atoms with E-state index in [-0.39, 0.29) is 38.3 Å². The van der Waals surface area contributed by atoms with Gasteiger partial charge in [0.2, 0.25) is 0 Å². The van der Waals surface area contributed by atoms with Crippen LogP contribution in [0.2, 0.25) is 0 Å². The molecule has 0 atom stereocenters. The van der Waals surface area contributed by atoms with Gasteiger partial charge >= 0.3 is 12.1 Å². The Morgan fingerprint density at radius 3 is 2.40 bits per heavy atom. The highest BCUT2D eigenvalue weighted by molar-refractivity contribution is 6.01. The Kier molecular flexibility index (Phi) is 5.95. The highest BCUT2D eigenvalue weighted by atomic mass is 16.7. The third-order valence-corrected chi connectivity index (χ3v) is 2.35. The van der Waals surface area contributed by atoms with E-state index in [2.05, 4.69) is 10.2 Å². The molecule has 0 bridgehead atoms. The molecule has 1 fully saturated rings. The van der Waals surface area contributed by atoms with Gasteiger partial charge in [-0.2, -0.15) is 0 Å². The zero-order valence-corrected chi connectivity index (χ0v) is 11.5. The molecule has 1 saturated heterocycles. The average Bonchev–Trinajstić information content (AvgIpc) is 2.68. The summed E-state index contributed by atoms with van der Waals surface area (Å²) in [5, 5.41) is 2.84. The van der Waals surface area contributed by atoms with Crippen LogP contribution in [0.1, 0.15) is 33.1 Å². The van der Waals surface area contributed by atoms with Crippen molar-refractivity contribution in [1.82, 2.24) is 10.4 Å². The standard InChI is InChI=1S/C12H18N2O6/c1-8(2)7-19-12(18)13-6-5-11(17)20-14-9(15)3-4-10(14)16/h8H,3-7H2,1-2H3,(H,13,18). The molecule has 0 aromatic carbocycles. The number of alkyl carbamates (subject to hydrolysis) is 1. The zero-order chi connectivity index (χ0) is 15.1.